The van der Waals surface area contributed by atoms with Crippen molar-refractivity contribution < 1.29 is 13.3 Å². The van der Waals surface area contributed by atoms with E-state index in [-0.39, 0.29) is 5.63 Å². The maximum Gasteiger partial charge on any atom is 0.344 e. The summed E-state index contributed by atoms with van der Waals surface area (Å²) >= 11 is 0. The highest BCUT2D eigenvalue weighted by Crippen LogP contribution is 2.48. The molecule has 80 heavy (non-hydrogen) atoms. The number of fused-ring (bicyclic) bond motifs is 7. The van der Waals surface area contributed by atoms with Gasteiger partial charge >= 0.3 is 16.9 Å². The molecule has 9 nitrogen and oxygen atoms in total. The van der Waals surface area contributed by atoms with E-state index in [4.69, 9.17) is 13.3 Å². The molecule has 9 heteroatoms. The smallest absolute Gasteiger partial charge is 0.344 e. The maximum atomic E-state index is 13.9. The third kappa shape index (κ3) is 7.79. The summed E-state index contributed by atoms with van der Waals surface area (Å²) in [5, 5.41) is 13.2. The minimum atomic E-state index is -0.405. The van der Waals surface area contributed by atoms with E-state index in [1.807, 2.05) is 115 Å². The van der Waals surface area contributed by atoms with Crippen LogP contribution in [0.5, 0.6) is 0 Å². The van der Waals surface area contributed by atoms with Crippen LogP contribution in [0.2, 0.25) is 0 Å². The van der Waals surface area contributed by atoms with Crippen LogP contribution in [0, 0.1) is 0 Å². The van der Waals surface area contributed by atoms with E-state index in [0.717, 1.165) is 141 Å². The van der Waals surface area contributed by atoms with E-state index in [1.54, 1.807) is 0 Å². The average Bonchev–Trinajstić information content (AvgIpc) is 3.38. The Morgan fingerprint density at radius 2 is 0.762 bits per heavy atom. The maximum absolute atomic E-state index is 13.9. The number of benzene rings is 11. The van der Waals surface area contributed by atoms with Gasteiger partial charge in [-0.3, -0.25) is 0 Å². The Morgan fingerprint density at radius 3 is 1.34 bits per heavy atom. The zero-order valence-electron chi connectivity index (χ0n) is 44.7. The Labute approximate surface area is 459 Å². The lowest BCUT2D eigenvalue weighted by Gasteiger charge is -2.28. The molecule has 0 aliphatic rings. The zero-order valence-corrected chi connectivity index (χ0v) is 44.7. The van der Waals surface area contributed by atoms with Gasteiger partial charge in [-0.1, -0.05) is 109 Å². The highest BCUT2D eigenvalue weighted by molar-refractivity contribution is 6.35. The van der Waals surface area contributed by atoms with Gasteiger partial charge in [-0.2, -0.15) is 0 Å². The molecule has 14 rings (SSSR count). The summed E-state index contributed by atoms with van der Waals surface area (Å²) in [6.07, 6.45) is 0. The molecule has 0 amide bonds. The van der Waals surface area contributed by atoms with Crippen molar-refractivity contribution in [3.05, 3.63) is 231 Å². The molecule has 0 fully saturated rings. The van der Waals surface area contributed by atoms with Gasteiger partial charge in [0.1, 0.15) is 16.7 Å². The van der Waals surface area contributed by atoms with Gasteiger partial charge in [0.2, 0.25) is 0 Å². The van der Waals surface area contributed by atoms with E-state index in [0.29, 0.717) is 33.4 Å². The highest BCUT2D eigenvalue weighted by Gasteiger charge is 2.23. The minimum Gasteiger partial charge on any atom is -0.422 e. The second kappa shape index (κ2) is 19.2. The fourth-order valence-corrected chi connectivity index (χ4v) is 12.4. The molecule has 11 aromatic carbocycles. The fourth-order valence-electron chi connectivity index (χ4n) is 12.4. The quantitative estimate of drug-likeness (QED) is 0.0673. The first-order valence-electron chi connectivity index (χ1n) is 27.4. The van der Waals surface area contributed by atoms with Crippen LogP contribution in [0.1, 0.15) is 27.7 Å². The van der Waals surface area contributed by atoms with Gasteiger partial charge in [-0.25, -0.2) is 14.4 Å². The van der Waals surface area contributed by atoms with Crippen molar-refractivity contribution in [1.82, 2.24) is 0 Å². The lowest BCUT2D eigenvalue weighted by Crippen LogP contribution is -2.21. The summed E-state index contributed by atoms with van der Waals surface area (Å²) in [4.78, 5) is 48.2. The average molecular weight is 1040 g/mol. The molecule has 0 aliphatic carbocycles. The molecular formula is C71H53N3O6. The van der Waals surface area contributed by atoms with Gasteiger partial charge < -0.3 is 28.0 Å². The van der Waals surface area contributed by atoms with Crippen LogP contribution < -0.4 is 31.6 Å². The Hall–Kier alpha value is -9.99. The number of anilines is 5. The van der Waals surface area contributed by atoms with E-state index in [1.165, 1.54) is 0 Å². The molecule has 0 saturated carbocycles. The third-order valence-corrected chi connectivity index (χ3v) is 16.4. The number of rotatable bonds is 12. The van der Waals surface area contributed by atoms with Crippen LogP contribution in [0.25, 0.3) is 120 Å². The minimum absolute atomic E-state index is 0.381. The van der Waals surface area contributed by atoms with Crippen molar-refractivity contribution in [3.63, 3.8) is 0 Å². The van der Waals surface area contributed by atoms with E-state index >= 15 is 0 Å². The van der Waals surface area contributed by atoms with Crippen molar-refractivity contribution in [1.29, 1.82) is 0 Å². The van der Waals surface area contributed by atoms with Crippen molar-refractivity contribution in [2.45, 2.75) is 27.7 Å². The lowest BCUT2D eigenvalue weighted by molar-refractivity contribution is 0.563. The Bertz CT molecular complexity index is 4800. The van der Waals surface area contributed by atoms with Crippen LogP contribution in [-0.4, -0.2) is 26.2 Å². The molecule has 0 unspecified atom stereocenters. The van der Waals surface area contributed by atoms with Crippen LogP contribution in [0.3, 0.4) is 0 Å². The van der Waals surface area contributed by atoms with Gasteiger partial charge in [0.25, 0.3) is 0 Å². The standard InChI is InChI=1S/C71H53N3O6/c1-5-72(6-2)49-30-23-45-37-59(69(75)79-65(45)39-49)43-19-26-47(27-20-43)74(48-28-21-44(22-29-48)60-38-46-24-31-50(73(7-3)8-4)40-66(46)80-70(60)76)63-35-34-57-54-16-11-15-53-52(32-33-56(67(53)54)55-17-12-18-58(63)68(55)57)62-41-61-51-14-10-9-13-42(51)25-36-64(61)78-71(62)77/h9-41H,5-8H2,1-4H3. The Morgan fingerprint density at radius 1 is 0.312 bits per heavy atom. The number of hydrogen-bond acceptors (Lipinski definition) is 9. The van der Waals surface area contributed by atoms with Gasteiger partial charge in [-0.15, -0.1) is 0 Å². The molecule has 388 valence electrons. The largest absolute Gasteiger partial charge is 0.422 e. The third-order valence-electron chi connectivity index (χ3n) is 16.4. The van der Waals surface area contributed by atoms with E-state index < -0.39 is 11.3 Å². The molecule has 0 aliphatic heterocycles. The summed E-state index contributed by atoms with van der Waals surface area (Å²) in [6.45, 7) is 11.8. The Balaban J connectivity index is 0.914. The zero-order chi connectivity index (χ0) is 54.3. The first kappa shape index (κ1) is 48.4. The van der Waals surface area contributed by atoms with Crippen molar-refractivity contribution >= 4 is 115 Å². The summed E-state index contributed by atoms with van der Waals surface area (Å²) < 4.78 is 18.1. The summed E-state index contributed by atoms with van der Waals surface area (Å²) in [7, 11) is 0. The molecule has 0 atom stereocenters. The molecular weight excluding hydrogens is 991 g/mol. The molecule has 14 aromatic rings. The van der Waals surface area contributed by atoms with Crippen LogP contribution in [0.4, 0.5) is 28.4 Å². The first-order chi connectivity index (χ1) is 39.2. The van der Waals surface area contributed by atoms with Crippen molar-refractivity contribution in [2.24, 2.45) is 0 Å². The molecule has 0 N–H and O–H groups in total. The second-order valence-corrected chi connectivity index (χ2v) is 20.5. The highest BCUT2D eigenvalue weighted by atomic mass is 16.4. The van der Waals surface area contributed by atoms with Gasteiger partial charge in [0.05, 0.1) is 22.4 Å². The Kier molecular flexibility index (Phi) is 11.6. The predicted molar refractivity (Wildman–Crippen MR) is 331 cm³/mol. The van der Waals surface area contributed by atoms with Crippen molar-refractivity contribution in [3.8, 4) is 33.4 Å². The van der Waals surface area contributed by atoms with Gasteiger partial charge in [0, 0.05) is 82.6 Å². The monoisotopic (exact) mass is 1040 g/mol. The lowest BCUT2D eigenvalue weighted by atomic mass is 9.86. The predicted octanol–water partition coefficient (Wildman–Crippen LogP) is 17.4. The van der Waals surface area contributed by atoms with Crippen LogP contribution in [0.15, 0.2) is 228 Å². The van der Waals surface area contributed by atoms with Gasteiger partial charge in [-0.05, 0) is 172 Å². The van der Waals surface area contributed by atoms with E-state index in [9.17, 15) is 14.4 Å². The normalized spacial score (nSPS) is 11.8. The molecule has 0 radical (unpaired) electrons. The van der Waals surface area contributed by atoms with Crippen LogP contribution >= 0.6 is 0 Å². The van der Waals surface area contributed by atoms with Crippen LogP contribution in [-0.2, 0) is 0 Å². The summed E-state index contributed by atoms with van der Waals surface area (Å²) in [6, 6.07) is 67.4. The molecule has 0 spiro atoms. The van der Waals surface area contributed by atoms with Crippen molar-refractivity contribution in [2.75, 3.05) is 40.9 Å². The number of hydrogen-bond donors (Lipinski definition) is 0. The second-order valence-electron chi connectivity index (χ2n) is 20.5. The molecule has 0 bridgehead atoms. The molecule has 3 heterocycles. The SMILES string of the molecule is CCN(CC)c1ccc2cc(-c3ccc(N(c4ccc(-c5cc6ccc(N(CC)CC)cc6oc5=O)cc4)c4ccc5c6cccc7c(-c8cc9c(ccc%10ccccc%109)oc8=O)ccc(c8cccc4c85)c76)cc3)c(=O)oc2c1. The molecule has 3 aromatic heterocycles. The summed E-state index contributed by atoms with van der Waals surface area (Å²) in [5.41, 5.74) is 8.88. The molecule has 0 saturated heterocycles. The first-order valence-corrected chi connectivity index (χ1v) is 27.4. The van der Waals surface area contributed by atoms with Gasteiger partial charge in [0.15, 0.2) is 0 Å². The summed E-state index contributed by atoms with van der Waals surface area (Å²) in [5.74, 6) is 0. The van der Waals surface area contributed by atoms with E-state index in [2.05, 4.69) is 127 Å². The topological polar surface area (TPSA) is 100 Å². The number of nitrogens with zero attached hydrogens (tertiary/aromatic N) is 3. The fraction of sp³-hybridized carbons (Fsp3) is 0.113.